The summed E-state index contributed by atoms with van der Waals surface area (Å²) in [7, 11) is 0. The standard InChI is InChI=1S/C13H14N4O/c1-2-12(8-14-5-1)18-13-9-15-6-11(17-13)7-16-10-3-4-10/h1-2,5-6,8-10,16H,3-4,7H2. The second-order valence-electron chi connectivity index (χ2n) is 4.29. The number of hydrogen-bond acceptors (Lipinski definition) is 5. The monoisotopic (exact) mass is 242 g/mol. The van der Waals surface area contributed by atoms with E-state index in [2.05, 4.69) is 20.3 Å². The van der Waals surface area contributed by atoms with Gasteiger partial charge in [-0.25, -0.2) is 4.98 Å². The molecular weight excluding hydrogens is 228 g/mol. The molecule has 2 heterocycles. The van der Waals surface area contributed by atoms with E-state index >= 15 is 0 Å². The van der Waals surface area contributed by atoms with Gasteiger partial charge in [-0.3, -0.25) is 9.97 Å². The highest BCUT2D eigenvalue weighted by atomic mass is 16.5. The highest BCUT2D eigenvalue weighted by Gasteiger charge is 2.20. The number of nitrogens with one attached hydrogen (secondary N) is 1. The molecule has 0 bridgehead atoms. The summed E-state index contributed by atoms with van der Waals surface area (Å²) in [5.41, 5.74) is 0.892. The molecule has 0 aliphatic heterocycles. The minimum atomic E-state index is 0.498. The Hall–Kier alpha value is -2.01. The van der Waals surface area contributed by atoms with Crippen molar-refractivity contribution in [1.82, 2.24) is 20.3 Å². The van der Waals surface area contributed by atoms with Crippen LogP contribution in [0.2, 0.25) is 0 Å². The van der Waals surface area contributed by atoms with E-state index in [1.807, 2.05) is 12.1 Å². The molecular formula is C13H14N4O. The fourth-order valence-electron chi connectivity index (χ4n) is 1.59. The fraction of sp³-hybridized carbons (Fsp3) is 0.308. The smallest absolute Gasteiger partial charge is 0.238 e. The summed E-state index contributed by atoms with van der Waals surface area (Å²) in [4.78, 5) is 12.5. The number of aromatic nitrogens is 3. The molecule has 2 aromatic rings. The molecule has 0 unspecified atom stereocenters. The van der Waals surface area contributed by atoms with E-state index in [9.17, 15) is 0 Å². The maximum atomic E-state index is 5.58. The lowest BCUT2D eigenvalue weighted by molar-refractivity contribution is 0.454. The van der Waals surface area contributed by atoms with Crippen LogP contribution >= 0.6 is 0 Å². The fourth-order valence-corrected chi connectivity index (χ4v) is 1.59. The van der Waals surface area contributed by atoms with Crippen molar-refractivity contribution < 1.29 is 4.74 Å². The third-order valence-corrected chi connectivity index (χ3v) is 2.67. The normalized spacial score (nSPS) is 14.4. The maximum absolute atomic E-state index is 5.58. The van der Waals surface area contributed by atoms with E-state index in [0.29, 0.717) is 17.7 Å². The minimum absolute atomic E-state index is 0.498. The van der Waals surface area contributed by atoms with E-state index < -0.39 is 0 Å². The van der Waals surface area contributed by atoms with Crippen LogP contribution in [0.3, 0.4) is 0 Å². The van der Waals surface area contributed by atoms with Crippen molar-refractivity contribution in [1.29, 1.82) is 0 Å². The molecule has 0 aromatic carbocycles. The lowest BCUT2D eigenvalue weighted by Gasteiger charge is -2.06. The zero-order chi connectivity index (χ0) is 12.2. The van der Waals surface area contributed by atoms with Crippen LogP contribution in [0, 0.1) is 0 Å². The van der Waals surface area contributed by atoms with Gasteiger partial charge in [0.25, 0.3) is 0 Å². The molecule has 1 fully saturated rings. The summed E-state index contributed by atoms with van der Waals surface area (Å²) >= 11 is 0. The SMILES string of the molecule is c1cncc(Oc2cncc(CNC3CC3)n2)c1. The van der Waals surface area contributed by atoms with Gasteiger partial charge in [-0.05, 0) is 25.0 Å². The Bertz CT molecular complexity index is 513. The number of rotatable bonds is 5. The molecule has 2 aromatic heterocycles. The molecule has 5 nitrogen and oxygen atoms in total. The third-order valence-electron chi connectivity index (χ3n) is 2.67. The average Bonchev–Trinajstić information content (AvgIpc) is 3.22. The molecule has 1 N–H and O–H groups in total. The summed E-state index contributed by atoms with van der Waals surface area (Å²) in [5.74, 6) is 1.16. The highest BCUT2D eigenvalue weighted by Crippen LogP contribution is 2.20. The van der Waals surface area contributed by atoms with Crippen LogP contribution in [0.5, 0.6) is 11.6 Å². The van der Waals surface area contributed by atoms with E-state index in [4.69, 9.17) is 4.74 Å². The van der Waals surface area contributed by atoms with Crippen molar-refractivity contribution in [3.63, 3.8) is 0 Å². The summed E-state index contributed by atoms with van der Waals surface area (Å²) < 4.78 is 5.58. The zero-order valence-corrected chi connectivity index (χ0v) is 9.91. The van der Waals surface area contributed by atoms with Crippen LogP contribution < -0.4 is 10.1 Å². The van der Waals surface area contributed by atoms with Crippen LogP contribution in [0.4, 0.5) is 0 Å². The highest BCUT2D eigenvalue weighted by molar-refractivity contribution is 5.22. The van der Waals surface area contributed by atoms with Gasteiger partial charge in [0.05, 0.1) is 18.1 Å². The Labute approximate surface area is 105 Å². The largest absolute Gasteiger partial charge is 0.436 e. The van der Waals surface area contributed by atoms with Gasteiger partial charge in [0.2, 0.25) is 5.88 Å². The van der Waals surface area contributed by atoms with Gasteiger partial charge in [0.15, 0.2) is 0 Å². The first-order valence-electron chi connectivity index (χ1n) is 6.02. The van der Waals surface area contributed by atoms with E-state index in [0.717, 1.165) is 12.2 Å². The molecule has 0 saturated heterocycles. The van der Waals surface area contributed by atoms with Gasteiger partial charge >= 0.3 is 0 Å². The number of ether oxygens (including phenoxy) is 1. The first-order chi connectivity index (χ1) is 8.90. The second-order valence-corrected chi connectivity index (χ2v) is 4.29. The van der Waals surface area contributed by atoms with Gasteiger partial charge in [0.1, 0.15) is 5.75 Å². The summed E-state index contributed by atoms with van der Waals surface area (Å²) in [6.07, 6.45) is 9.24. The van der Waals surface area contributed by atoms with E-state index in [1.54, 1.807) is 24.8 Å². The van der Waals surface area contributed by atoms with Crippen molar-refractivity contribution in [3.05, 3.63) is 42.6 Å². The third kappa shape index (κ3) is 3.01. The van der Waals surface area contributed by atoms with Crippen LogP contribution in [0.15, 0.2) is 36.9 Å². The Balaban J connectivity index is 1.66. The molecule has 1 saturated carbocycles. The molecule has 1 aliphatic carbocycles. The molecule has 3 rings (SSSR count). The molecule has 5 heteroatoms. The minimum Gasteiger partial charge on any atom is -0.436 e. The van der Waals surface area contributed by atoms with Crippen molar-refractivity contribution in [2.24, 2.45) is 0 Å². The topological polar surface area (TPSA) is 59.9 Å². The Morgan fingerprint density at radius 2 is 2.17 bits per heavy atom. The average molecular weight is 242 g/mol. The van der Waals surface area contributed by atoms with Crippen molar-refractivity contribution in [3.8, 4) is 11.6 Å². The molecule has 0 spiro atoms. The predicted molar refractivity (Wildman–Crippen MR) is 66.2 cm³/mol. The number of nitrogens with zero attached hydrogens (tertiary/aromatic N) is 3. The number of pyridine rings is 1. The van der Waals surface area contributed by atoms with Gasteiger partial charge in [-0.2, -0.15) is 0 Å². The zero-order valence-electron chi connectivity index (χ0n) is 9.91. The molecule has 18 heavy (non-hydrogen) atoms. The quantitative estimate of drug-likeness (QED) is 0.868. The van der Waals surface area contributed by atoms with Crippen LogP contribution in [-0.2, 0) is 6.54 Å². The van der Waals surface area contributed by atoms with Crippen LogP contribution in [-0.4, -0.2) is 21.0 Å². The summed E-state index contributed by atoms with van der Waals surface area (Å²) in [6.45, 7) is 0.738. The van der Waals surface area contributed by atoms with Gasteiger partial charge in [-0.1, -0.05) is 0 Å². The van der Waals surface area contributed by atoms with E-state index in [-0.39, 0.29) is 0 Å². The Morgan fingerprint density at radius 1 is 1.22 bits per heavy atom. The lowest BCUT2D eigenvalue weighted by Crippen LogP contribution is -2.16. The molecule has 1 aliphatic rings. The molecule has 92 valence electrons. The lowest BCUT2D eigenvalue weighted by atomic mass is 10.4. The first kappa shape index (κ1) is 11.1. The van der Waals surface area contributed by atoms with Crippen molar-refractivity contribution in [2.75, 3.05) is 0 Å². The van der Waals surface area contributed by atoms with Gasteiger partial charge in [0, 0.05) is 25.0 Å². The van der Waals surface area contributed by atoms with Gasteiger partial charge in [-0.15, -0.1) is 0 Å². The Morgan fingerprint density at radius 3 is 2.94 bits per heavy atom. The molecule has 0 amide bonds. The molecule has 0 radical (unpaired) electrons. The predicted octanol–water partition coefficient (Wildman–Crippen LogP) is 1.92. The first-order valence-corrected chi connectivity index (χ1v) is 6.02. The van der Waals surface area contributed by atoms with Crippen LogP contribution in [0.25, 0.3) is 0 Å². The maximum Gasteiger partial charge on any atom is 0.238 e. The van der Waals surface area contributed by atoms with E-state index in [1.165, 1.54) is 12.8 Å². The van der Waals surface area contributed by atoms with Crippen molar-refractivity contribution >= 4 is 0 Å². The van der Waals surface area contributed by atoms with Gasteiger partial charge < -0.3 is 10.1 Å². The summed E-state index contributed by atoms with van der Waals surface area (Å²) in [5, 5.41) is 3.39. The Kier molecular flexibility index (Phi) is 3.14. The van der Waals surface area contributed by atoms with Crippen molar-refractivity contribution in [2.45, 2.75) is 25.4 Å². The number of hydrogen-bond donors (Lipinski definition) is 1. The second kappa shape index (κ2) is 5.10. The molecule has 0 atom stereocenters. The summed E-state index contributed by atoms with van der Waals surface area (Å²) in [6, 6.07) is 4.32. The van der Waals surface area contributed by atoms with Crippen LogP contribution in [0.1, 0.15) is 18.5 Å².